The predicted octanol–water partition coefficient (Wildman–Crippen LogP) is 3.53. The standard InChI is InChI=1S/C20H26N4O3S/c1-14-7-9-24(10-8-14)17-5-3-16(4-6-17)21-19(25)12-28-13-20(26)22-18-11-15(2)27-23-18/h3-6,11,14H,7-10,12-13H2,1-2H3,(H,21,25)(H,22,23,26). The quantitative estimate of drug-likeness (QED) is 0.737. The molecule has 8 heteroatoms. The van der Waals surface area contributed by atoms with Crippen LogP contribution in [0.3, 0.4) is 0 Å². The van der Waals surface area contributed by atoms with E-state index in [9.17, 15) is 9.59 Å². The van der Waals surface area contributed by atoms with Crippen LogP contribution in [0.2, 0.25) is 0 Å². The van der Waals surface area contributed by atoms with Crippen LogP contribution in [0.4, 0.5) is 17.2 Å². The molecule has 2 N–H and O–H groups in total. The number of benzene rings is 1. The Balaban J connectivity index is 1.38. The third-order valence-electron chi connectivity index (χ3n) is 4.66. The maximum absolute atomic E-state index is 12.1. The molecule has 1 saturated heterocycles. The zero-order chi connectivity index (χ0) is 19.9. The summed E-state index contributed by atoms with van der Waals surface area (Å²) in [5.74, 6) is 1.84. The Labute approximate surface area is 169 Å². The summed E-state index contributed by atoms with van der Waals surface area (Å²) in [4.78, 5) is 26.3. The Bertz CT molecular complexity index is 798. The molecule has 0 unspecified atom stereocenters. The van der Waals surface area contributed by atoms with E-state index in [1.54, 1.807) is 13.0 Å². The van der Waals surface area contributed by atoms with E-state index in [0.29, 0.717) is 11.6 Å². The van der Waals surface area contributed by atoms with Crippen LogP contribution in [0, 0.1) is 12.8 Å². The Morgan fingerprint density at radius 2 is 1.79 bits per heavy atom. The Hall–Kier alpha value is -2.48. The zero-order valence-electron chi connectivity index (χ0n) is 16.2. The number of aromatic nitrogens is 1. The smallest absolute Gasteiger partial charge is 0.235 e. The molecule has 1 aliphatic rings. The number of hydrogen-bond acceptors (Lipinski definition) is 6. The fourth-order valence-electron chi connectivity index (χ4n) is 3.06. The van der Waals surface area contributed by atoms with Crippen molar-refractivity contribution in [3.8, 4) is 0 Å². The SMILES string of the molecule is Cc1cc(NC(=O)CSCC(=O)Nc2ccc(N3CCC(C)CC3)cc2)no1. The Kier molecular flexibility index (Phi) is 6.97. The first-order chi connectivity index (χ1) is 13.5. The van der Waals surface area contributed by atoms with Crippen LogP contribution in [0.25, 0.3) is 0 Å². The van der Waals surface area contributed by atoms with Crippen molar-refractivity contribution >= 4 is 40.8 Å². The third-order valence-corrected chi connectivity index (χ3v) is 5.59. The van der Waals surface area contributed by atoms with E-state index in [0.717, 1.165) is 24.7 Å². The van der Waals surface area contributed by atoms with Crippen LogP contribution >= 0.6 is 11.8 Å². The number of nitrogens with zero attached hydrogens (tertiary/aromatic N) is 2. The van der Waals surface area contributed by atoms with Crippen molar-refractivity contribution in [1.29, 1.82) is 0 Å². The summed E-state index contributed by atoms with van der Waals surface area (Å²) in [5, 5.41) is 9.19. The van der Waals surface area contributed by atoms with Gasteiger partial charge in [0, 0.05) is 30.5 Å². The van der Waals surface area contributed by atoms with Crippen LogP contribution in [0.15, 0.2) is 34.9 Å². The first-order valence-electron chi connectivity index (χ1n) is 9.45. The van der Waals surface area contributed by atoms with E-state index in [2.05, 4.69) is 27.6 Å². The van der Waals surface area contributed by atoms with Gasteiger partial charge in [0.1, 0.15) is 5.76 Å². The van der Waals surface area contributed by atoms with Crippen LogP contribution in [-0.2, 0) is 9.59 Å². The molecule has 1 aromatic heterocycles. The highest BCUT2D eigenvalue weighted by molar-refractivity contribution is 8.00. The molecule has 1 aliphatic heterocycles. The molecule has 7 nitrogen and oxygen atoms in total. The van der Waals surface area contributed by atoms with Crippen molar-refractivity contribution < 1.29 is 14.1 Å². The lowest BCUT2D eigenvalue weighted by atomic mass is 9.99. The van der Waals surface area contributed by atoms with E-state index in [1.807, 2.05) is 24.3 Å². The van der Waals surface area contributed by atoms with E-state index in [-0.39, 0.29) is 23.3 Å². The minimum Gasteiger partial charge on any atom is -0.372 e. The molecule has 2 amide bonds. The van der Waals surface area contributed by atoms with Gasteiger partial charge in [-0.2, -0.15) is 0 Å². The van der Waals surface area contributed by atoms with Gasteiger partial charge in [0.2, 0.25) is 11.8 Å². The van der Waals surface area contributed by atoms with Gasteiger partial charge in [-0.3, -0.25) is 9.59 Å². The summed E-state index contributed by atoms with van der Waals surface area (Å²) < 4.78 is 4.89. The van der Waals surface area contributed by atoms with E-state index < -0.39 is 0 Å². The highest BCUT2D eigenvalue weighted by atomic mass is 32.2. The van der Waals surface area contributed by atoms with Crippen molar-refractivity contribution in [2.75, 3.05) is 40.1 Å². The zero-order valence-corrected chi connectivity index (χ0v) is 17.1. The topological polar surface area (TPSA) is 87.5 Å². The van der Waals surface area contributed by atoms with E-state index >= 15 is 0 Å². The lowest BCUT2D eigenvalue weighted by Crippen LogP contribution is -2.32. The maximum Gasteiger partial charge on any atom is 0.235 e. The number of aryl methyl sites for hydroxylation is 1. The number of thioether (sulfide) groups is 1. The van der Waals surface area contributed by atoms with Crippen LogP contribution in [0.1, 0.15) is 25.5 Å². The summed E-state index contributed by atoms with van der Waals surface area (Å²) in [6.07, 6.45) is 2.44. The molecule has 28 heavy (non-hydrogen) atoms. The van der Waals surface area contributed by atoms with Crippen LogP contribution in [-0.4, -0.2) is 41.6 Å². The average Bonchev–Trinajstić information content (AvgIpc) is 3.07. The molecule has 0 radical (unpaired) electrons. The van der Waals surface area contributed by atoms with Crippen LogP contribution < -0.4 is 15.5 Å². The second kappa shape index (κ2) is 9.64. The summed E-state index contributed by atoms with van der Waals surface area (Å²) in [7, 11) is 0. The van der Waals surface area contributed by atoms with Gasteiger partial charge in [0.15, 0.2) is 5.82 Å². The molecular weight excluding hydrogens is 376 g/mol. The number of anilines is 3. The number of rotatable bonds is 7. The van der Waals surface area contributed by atoms with Gasteiger partial charge >= 0.3 is 0 Å². The minimum atomic E-state index is -0.216. The fraction of sp³-hybridized carbons (Fsp3) is 0.450. The highest BCUT2D eigenvalue weighted by Crippen LogP contribution is 2.24. The molecule has 0 aliphatic carbocycles. The number of amides is 2. The number of hydrogen-bond donors (Lipinski definition) is 2. The number of nitrogens with one attached hydrogen (secondary N) is 2. The van der Waals surface area contributed by atoms with Gasteiger partial charge in [0.25, 0.3) is 0 Å². The average molecular weight is 403 g/mol. The van der Waals surface area contributed by atoms with Crippen molar-refractivity contribution in [3.63, 3.8) is 0 Å². The number of carbonyl (C=O) groups excluding carboxylic acids is 2. The number of carbonyl (C=O) groups is 2. The molecule has 0 saturated carbocycles. The molecule has 3 rings (SSSR count). The lowest BCUT2D eigenvalue weighted by Gasteiger charge is -2.32. The summed E-state index contributed by atoms with van der Waals surface area (Å²) in [6, 6.07) is 9.59. The minimum absolute atomic E-state index is 0.130. The largest absolute Gasteiger partial charge is 0.372 e. The van der Waals surface area contributed by atoms with Gasteiger partial charge in [-0.25, -0.2) is 0 Å². The Morgan fingerprint density at radius 1 is 1.14 bits per heavy atom. The van der Waals surface area contributed by atoms with Crippen molar-refractivity contribution in [2.24, 2.45) is 5.92 Å². The monoisotopic (exact) mass is 402 g/mol. The van der Waals surface area contributed by atoms with E-state index in [1.165, 1.54) is 30.3 Å². The molecule has 2 heterocycles. The first-order valence-corrected chi connectivity index (χ1v) is 10.6. The lowest BCUT2D eigenvalue weighted by molar-refractivity contribution is -0.114. The molecule has 2 aromatic rings. The van der Waals surface area contributed by atoms with Gasteiger partial charge < -0.3 is 20.1 Å². The predicted molar refractivity (Wildman–Crippen MR) is 113 cm³/mol. The molecule has 1 aromatic carbocycles. The molecule has 0 spiro atoms. The molecule has 1 fully saturated rings. The summed E-state index contributed by atoms with van der Waals surface area (Å²) in [6.45, 7) is 6.22. The van der Waals surface area contributed by atoms with E-state index in [4.69, 9.17) is 4.52 Å². The molecule has 0 bridgehead atoms. The third kappa shape index (κ3) is 6.02. The first kappa shape index (κ1) is 20.3. The second-order valence-corrected chi connectivity index (χ2v) is 8.11. The fourth-order valence-corrected chi connectivity index (χ4v) is 3.68. The van der Waals surface area contributed by atoms with Crippen molar-refractivity contribution in [2.45, 2.75) is 26.7 Å². The van der Waals surface area contributed by atoms with Gasteiger partial charge in [-0.05, 0) is 49.9 Å². The highest BCUT2D eigenvalue weighted by Gasteiger charge is 2.16. The second-order valence-electron chi connectivity index (χ2n) is 7.13. The van der Waals surface area contributed by atoms with Crippen molar-refractivity contribution in [3.05, 3.63) is 36.1 Å². The normalized spacial score (nSPS) is 14.7. The Morgan fingerprint density at radius 3 is 2.39 bits per heavy atom. The summed E-state index contributed by atoms with van der Waals surface area (Å²) >= 11 is 1.25. The van der Waals surface area contributed by atoms with Gasteiger partial charge in [0.05, 0.1) is 11.5 Å². The molecular formula is C20H26N4O3S. The van der Waals surface area contributed by atoms with Gasteiger partial charge in [-0.1, -0.05) is 12.1 Å². The van der Waals surface area contributed by atoms with Gasteiger partial charge in [-0.15, -0.1) is 11.8 Å². The molecule has 0 atom stereocenters. The number of piperidine rings is 1. The summed E-state index contributed by atoms with van der Waals surface area (Å²) in [5.41, 5.74) is 1.96. The maximum atomic E-state index is 12.1. The van der Waals surface area contributed by atoms with Crippen molar-refractivity contribution in [1.82, 2.24) is 5.16 Å². The van der Waals surface area contributed by atoms with Crippen LogP contribution in [0.5, 0.6) is 0 Å². The molecule has 150 valence electrons.